The number of para-hydroxylation sites is 1. The molecule has 1 aromatic rings. The van der Waals surface area contributed by atoms with Gasteiger partial charge >= 0.3 is 0 Å². The molecule has 19 heavy (non-hydrogen) atoms. The molecule has 1 aliphatic rings. The molecular weight excluding hydrogens is 246 g/mol. The summed E-state index contributed by atoms with van der Waals surface area (Å²) in [5.74, 6) is -2.24. The van der Waals surface area contributed by atoms with E-state index >= 15 is 0 Å². The standard InChI is InChI=1S/C13H15N3O3/c1-2-8-5-3-4-6-10(8)14-11(17)7-9-12(18)15-16-13(9)19/h3-6,9H,2,7H2,1H3,(H,14,17)(H,15,18)(H,16,19). The van der Waals surface area contributed by atoms with Gasteiger partial charge in [-0.1, -0.05) is 25.1 Å². The number of anilines is 1. The van der Waals surface area contributed by atoms with Gasteiger partial charge in [0, 0.05) is 12.1 Å². The summed E-state index contributed by atoms with van der Waals surface area (Å²) in [5.41, 5.74) is 6.11. The maximum atomic E-state index is 11.9. The molecule has 0 aliphatic carbocycles. The van der Waals surface area contributed by atoms with Crippen molar-refractivity contribution >= 4 is 23.4 Å². The van der Waals surface area contributed by atoms with Crippen LogP contribution < -0.4 is 16.2 Å². The Morgan fingerprint density at radius 2 is 1.84 bits per heavy atom. The molecule has 0 atom stereocenters. The van der Waals surface area contributed by atoms with E-state index in [1.54, 1.807) is 6.07 Å². The highest BCUT2D eigenvalue weighted by Gasteiger charge is 2.34. The van der Waals surface area contributed by atoms with Crippen molar-refractivity contribution in [3.8, 4) is 0 Å². The molecule has 0 saturated carbocycles. The van der Waals surface area contributed by atoms with E-state index in [0.29, 0.717) is 5.69 Å². The lowest BCUT2D eigenvalue weighted by Crippen LogP contribution is -2.28. The zero-order chi connectivity index (χ0) is 13.8. The summed E-state index contributed by atoms with van der Waals surface area (Å²) in [5, 5.41) is 2.73. The van der Waals surface area contributed by atoms with E-state index < -0.39 is 17.7 Å². The van der Waals surface area contributed by atoms with Crippen molar-refractivity contribution in [1.82, 2.24) is 10.9 Å². The molecular formula is C13H15N3O3. The van der Waals surface area contributed by atoms with Gasteiger partial charge in [-0.2, -0.15) is 0 Å². The summed E-state index contributed by atoms with van der Waals surface area (Å²) >= 11 is 0. The van der Waals surface area contributed by atoms with Crippen molar-refractivity contribution in [2.24, 2.45) is 5.92 Å². The first-order chi connectivity index (χ1) is 9.11. The van der Waals surface area contributed by atoms with E-state index in [1.165, 1.54) is 0 Å². The fourth-order valence-electron chi connectivity index (χ4n) is 1.94. The largest absolute Gasteiger partial charge is 0.326 e. The Kier molecular flexibility index (Phi) is 3.79. The summed E-state index contributed by atoms with van der Waals surface area (Å²) in [6.45, 7) is 1.99. The maximum absolute atomic E-state index is 11.9. The first-order valence-electron chi connectivity index (χ1n) is 6.09. The molecule has 0 bridgehead atoms. The molecule has 1 aliphatic heterocycles. The Morgan fingerprint density at radius 1 is 1.21 bits per heavy atom. The van der Waals surface area contributed by atoms with Gasteiger partial charge in [-0.05, 0) is 18.1 Å². The number of hydrogen-bond donors (Lipinski definition) is 3. The van der Waals surface area contributed by atoms with Crippen molar-refractivity contribution in [3.05, 3.63) is 29.8 Å². The second-order valence-electron chi connectivity index (χ2n) is 4.29. The van der Waals surface area contributed by atoms with E-state index in [-0.39, 0.29) is 12.3 Å². The van der Waals surface area contributed by atoms with Gasteiger partial charge in [0.15, 0.2) is 0 Å². The number of aryl methyl sites for hydroxylation is 1. The molecule has 3 N–H and O–H groups in total. The van der Waals surface area contributed by atoms with Crippen LogP contribution in [0.1, 0.15) is 18.9 Å². The molecule has 0 unspecified atom stereocenters. The van der Waals surface area contributed by atoms with Crippen LogP contribution in [0, 0.1) is 5.92 Å². The monoisotopic (exact) mass is 261 g/mol. The first-order valence-corrected chi connectivity index (χ1v) is 6.09. The lowest BCUT2D eigenvalue weighted by atomic mass is 10.0. The number of carbonyl (C=O) groups is 3. The average Bonchev–Trinajstić information content (AvgIpc) is 2.71. The van der Waals surface area contributed by atoms with Gasteiger partial charge in [-0.15, -0.1) is 0 Å². The van der Waals surface area contributed by atoms with Crippen LogP contribution in [0.25, 0.3) is 0 Å². The van der Waals surface area contributed by atoms with E-state index in [4.69, 9.17) is 0 Å². The Morgan fingerprint density at radius 3 is 2.47 bits per heavy atom. The highest BCUT2D eigenvalue weighted by molar-refractivity contribution is 6.09. The summed E-state index contributed by atoms with van der Waals surface area (Å²) in [4.78, 5) is 34.5. The molecule has 1 heterocycles. The van der Waals surface area contributed by atoms with Gasteiger partial charge in [-0.3, -0.25) is 25.2 Å². The average molecular weight is 261 g/mol. The summed E-state index contributed by atoms with van der Waals surface area (Å²) in [7, 11) is 0. The quantitative estimate of drug-likeness (QED) is 0.684. The second-order valence-corrected chi connectivity index (χ2v) is 4.29. The minimum Gasteiger partial charge on any atom is -0.326 e. The van der Waals surface area contributed by atoms with Crippen LogP contribution in [0.3, 0.4) is 0 Å². The number of rotatable bonds is 4. The van der Waals surface area contributed by atoms with Crippen LogP contribution in [0.2, 0.25) is 0 Å². The topological polar surface area (TPSA) is 87.3 Å². The molecule has 1 aromatic carbocycles. The first kappa shape index (κ1) is 13.1. The summed E-state index contributed by atoms with van der Waals surface area (Å²) in [6.07, 6.45) is 0.635. The van der Waals surface area contributed by atoms with Crippen molar-refractivity contribution in [2.75, 3.05) is 5.32 Å². The summed E-state index contributed by atoms with van der Waals surface area (Å²) < 4.78 is 0. The highest BCUT2D eigenvalue weighted by atomic mass is 16.2. The Bertz CT molecular complexity index is 512. The minimum atomic E-state index is -0.950. The molecule has 2 rings (SSSR count). The van der Waals surface area contributed by atoms with Gasteiger partial charge in [0.2, 0.25) is 5.91 Å². The van der Waals surface area contributed by atoms with E-state index in [1.807, 2.05) is 25.1 Å². The van der Waals surface area contributed by atoms with Crippen LogP contribution in [-0.4, -0.2) is 17.7 Å². The SMILES string of the molecule is CCc1ccccc1NC(=O)CC1C(=O)NNC1=O. The van der Waals surface area contributed by atoms with E-state index in [9.17, 15) is 14.4 Å². The third-order valence-electron chi connectivity index (χ3n) is 3.00. The molecule has 3 amide bonds. The lowest BCUT2D eigenvalue weighted by molar-refractivity contribution is -0.131. The molecule has 1 fully saturated rings. The molecule has 0 radical (unpaired) electrons. The highest BCUT2D eigenvalue weighted by Crippen LogP contribution is 2.17. The van der Waals surface area contributed by atoms with Crippen LogP contribution in [-0.2, 0) is 20.8 Å². The fraction of sp³-hybridized carbons (Fsp3) is 0.308. The van der Waals surface area contributed by atoms with Crippen LogP contribution >= 0.6 is 0 Å². The number of amides is 3. The van der Waals surface area contributed by atoms with E-state index in [0.717, 1.165) is 12.0 Å². The molecule has 100 valence electrons. The van der Waals surface area contributed by atoms with Crippen molar-refractivity contribution in [1.29, 1.82) is 0 Å². The number of benzene rings is 1. The Labute approximate surface area is 110 Å². The zero-order valence-electron chi connectivity index (χ0n) is 10.5. The molecule has 6 nitrogen and oxygen atoms in total. The predicted octanol–water partition coefficient (Wildman–Crippen LogP) is 0.355. The summed E-state index contributed by atoms with van der Waals surface area (Å²) in [6, 6.07) is 7.44. The van der Waals surface area contributed by atoms with Crippen LogP contribution in [0.5, 0.6) is 0 Å². The number of hydrogen-bond acceptors (Lipinski definition) is 3. The van der Waals surface area contributed by atoms with Gasteiger partial charge in [0.1, 0.15) is 5.92 Å². The molecule has 0 aromatic heterocycles. The number of hydrazine groups is 1. The van der Waals surface area contributed by atoms with Gasteiger partial charge in [0.25, 0.3) is 11.8 Å². The second kappa shape index (κ2) is 5.51. The predicted molar refractivity (Wildman–Crippen MR) is 68.8 cm³/mol. The van der Waals surface area contributed by atoms with Gasteiger partial charge in [0.05, 0.1) is 0 Å². The van der Waals surface area contributed by atoms with Crippen LogP contribution in [0.4, 0.5) is 5.69 Å². The fourth-order valence-corrected chi connectivity index (χ4v) is 1.94. The van der Waals surface area contributed by atoms with Crippen molar-refractivity contribution in [3.63, 3.8) is 0 Å². The van der Waals surface area contributed by atoms with Crippen molar-refractivity contribution < 1.29 is 14.4 Å². The third kappa shape index (κ3) is 2.90. The van der Waals surface area contributed by atoms with Crippen LogP contribution in [0.15, 0.2) is 24.3 Å². The zero-order valence-corrected chi connectivity index (χ0v) is 10.5. The van der Waals surface area contributed by atoms with Crippen molar-refractivity contribution in [2.45, 2.75) is 19.8 Å². The lowest BCUT2D eigenvalue weighted by Gasteiger charge is -2.10. The third-order valence-corrected chi connectivity index (χ3v) is 3.00. The van der Waals surface area contributed by atoms with Gasteiger partial charge in [-0.25, -0.2) is 0 Å². The number of nitrogens with one attached hydrogen (secondary N) is 3. The Hall–Kier alpha value is -2.37. The van der Waals surface area contributed by atoms with Gasteiger partial charge < -0.3 is 5.32 Å². The maximum Gasteiger partial charge on any atom is 0.251 e. The molecule has 1 saturated heterocycles. The number of carbonyl (C=O) groups excluding carboxylic acids is 3. The normalized spacial score (nSPS) is 15.0. The van der Waals surface area contributed by atoms with E-state index in [2.05, 4.69) is 16.2 Å². The molecule has 0 spiro atoms. The smallest absolute Gasteiger partial charge is 0.251 e. The minimum absolute atomic E-state index is 0.157. The molecule has 6 heteroatoms. The Balaban J connectivity index is 2.01.